The number of ether oxygens (including phenoxy) is 1. The van der Waals surface area contributed by atoms with E-state index in [1.807, 2.05) is 36.4 Å². The summed E-state index contributed by atoms with van der Waals surface area (Å²) in [6, 6.07) is 51.1. The summed E-state index contributed by atoms with van der Waals surface area (Å²) in [5.41, 5.74) is 12.9. The molecule has 6 aromatic rings. The van der Waals surface area contributed by atoms with Crippen molar-refractivity contribution in [3.63, 3.8) is 0 Å². The van der Waals surface area contributed by atoms with E-state index in [0.717, 1.165) is 45.7 Å². The van der Waals surface area contributed by atoms with Gasteiger partial charge in [0.1, 0.15) is 11.5 Å². The van der Waals surface area contributed by atoms with Crippen molar-refractivity contribution >= 4 is 11.4 Å². The van der Waals surface area contributed by atoms with Gasteiger partial charge in [-0.1, -0.05) is 146 Å². The zero-order chi connectivity index (χ0) is 33.7. The second-order valence-corrected chi connectivity index (χ2v) is 13.1. The molecule has 50 heavy (non-hydrogen) atoms. The average molecular weight is 643 g/mol. The van der Waals surface area contributed by atoms with Crippen molar-refractivity contribution in [2.24, 2.45) is 0 Å². The van der Waals surface area contributed by atoms with E-state index in [1.54, 1.807) is 12.2 Å². The Kier molecular flexibility index (Phi) is 7.14. The first-order valence-corrected chi connectivity index (χ1v) is 17.1. The SMILES string of the molecule is N=C(/C=C\C(=N)c1ccccc1)C1=CC(c2ccccc2-c2ccc3c(c2)C2(c4ccccc4O3)c3ccccc3-c3ccccc32)CC=C1. The zero-order valence-electron chi connectivity index (χ0n) is 27.4. The Morgan fingerprint density at radius 2 is 1.18 bits per heavy atom. The van der Waals surface area contributed by atoms with Crippen LogP contribution in [0.15, 0.2) is 182 Å². The molecule has 0 saturated carbocycles. The van der Waals surface area contributed by atoms with E-state index in [4.69, 9.17) is 15.6 Å². The Morgan fingerprint density at radius 1 is 0.580 bits per heavy atom. The van der Waals surface area contributed by atoms with E-state index in [9.17, 15) is 0 Å². The van der Waals surface area contributed by atoms with Gasteiger partial charge >= 0.3 is 0 Å². The molecule has 1 spiro atoms. The van der Waals surface area contributed by atoms with Gasteiger partial charge in [-0.25, -0.2) is 0 Å². The van der Waals surface area contributed by atoms with Crippen molar-refractivity contribution in [2.45, 2.75) is 17.8 Å². The highest BCUT2D eigenvalue weighted by molar-refractivity contribution is 6.14. The van der Waals surface area contributed by atoms with Crippen LogP contribution in [0, 0.1) is 10.8 Å². The summed E-state index contributed by atoms with van der Waals surface area (Å²) in [5.74, 6) is 1.87. The molecule has 2 aliphatic carbocycles. The van der Waals surface area contributed by atoms with E-state index in [2.05, 4.69) is 127 Å². The maximum absolute atomic E-state index is 8.87. The normalized spacial score (nSPS) is 16.2. The summed E-state index contributed by atoms with van der Waals surface area (Å²) in [7, 11) is 0. The number of benzene rings is 6. The van der Waals surface area contributed by atoms with Crippen LogP contribution in [0.3, 0.4) is 0 Å². The van der Waals surface area contributed by atoms with Crippen LogP contribution in [0.2, 0.25) is 0 Å². The molecule has 0 bridgehead atoms. The van der Waals surface area contributed by atoms with Gasteiger partial charge in [0.05, 0.1) is 16.8 Å². The van der Waals surface area contributed by atoms with Crippen molar-refractivity contribution in [1.82, 2.24) is 0 Å². The van der Waals surface area contributed by atoms with E-state index in [0.29, 0.717) is 11.4 Å². The topological polar surface area (TPSA) is 56.9 Å². The Balaban J connectivity index is 1.14. The number of hydrogen-bond acceptors (Lipinski definition) is 3. The van der Waals surface area contributed by atoms with Crippen molar-refractivity contribution < 1.29 is 4.74 Å². The summed E-state index contributed by atoms with van der Waals surface area (Å²) in [6.07, 6.45) is 10.7. The molecule has 6 aromatic carbocycles. The predicted molar refractivity (Wildman–Crippen MR) is 204 cm³/mol. The molecule has 1 atom stereocenters. The highest BCUT2D eigenvalue weighted by Crippen LogP contribution is 2.62. The van der Waals surface area contributed by atoms with Gasteiger partial charge in [0.25, 0.3) is 0 Å². The summed E-state index contributed by atoms with van der Waals surface area (Å²) < 4.78 is 6.68. The molecule has 0 amide bonds. The summed E-state index contributed by atoms with van der Waals surface area (Å²) in [6.45, 7) is 0. The second-order valence-electron chi connectivity index (χ2n) is 13.1. The molecule has 3 aliphatic rings. The maximum Gasteiger partial charge on any atom is 0.132 e. The van der Waals surface area contributed by atoms with Crippen LogP contribution in [0.25, 0.3) is 22.3 Å². The van der Waals surface area contributed by atoms with Crippen LogP contribution in [-0.2, 0) is 5.41 Å². The molecule has 238 valence electrons. The molecule has 0 saturated heterocycles. The Morgan fingerprint density at radius 3 is 1.94 bits per heavy atom. The molecule has 9 rings (SSSR count). The molecule has 1 aliphatic heterocycles. The minimum absolute atomic E-state index is 0.100. The van der Waals surface area contributed by atoms with Crippen LogP contribution in [0.4, 0.5) is 0 Å². The molecule has 1 heterocycles. The lowest BCUT2D eigenvalue weighted by Crippen LogP contribution is -2.32. The smallest absolute Gasteiger partial charge is 0.132 e. The van der Waals surface area contributed by atoms with Gasteiger partial charge in [-0.15, -0.1) is 0 Å². The van der Waals surface area contributed by atoms with Crippen molar-refractivity contribution in [3.05, 3.63) is 215 Å². The number of allylic oxidation sites excluding steroid dienone is 6. The van der Waals surface area contributed by atoms with Gasteiger partial charge in [-0.3, -0.25) is 0 Å². The molecule has 3 nitrogen and oxygen atoms in total. The lowest BCUT2D eigenvalue weighted by Gasteiger charge is -2.39. The molecule has 0 fully saturated rings. The quantitative estimate of drug-likeness (QED) is 0.174. The molecular weight excluding hydrogens is 609 g/mol. The zero-order valence-corrected chi connectivity index (χ0v) is 27.4. The minimum Gasteiger partial charge on any atom is -0.457 e. The number of fused-ring (bicyclic) bond motifs is 9. The van der Waals surface area contributed by atoms with E-state index >= 15 is 0 Å². The van der Waals surface area contributed by atoms with Crippen LogP contribution in [0.1, 0.15) is 45.7 Å². The van der Waals surface area contributed by atoms with Gasteiger partial charge < -0.3 is 15.6 Å². The first-order valence-electron chi connectivity index (χ1n) is 17.1. The fourth-order valence-corrected chi connectivity index (χ4v) is 8.16. The largest absolute Gasteiger partial charge is 0.457 e. The maximum atomic E-state index is 8.87. The molecule has 0 radical (unpaired) electrons. The van der Waals surface area contributed by atoms with Gasteiger partial charge in [0.15, 0.2) is 0 Å². The van der Waals surface area contributed by atoms with Crippen LogP contribution in [0.5, 0.6) is 11.5 Å². The molecule has 2 N–H and O–H groups in total. The van der Waals surface area contributed by atoms with Crippen molar-refractivity contribution in [2.75, 3.05) is 0 Å². The lowest BCUT2D eigenvalue weighted by atomic mass is 9.65. The second kappa shape index (κ2) is 12.0. The fraction of sp³-hybridized carbons (Fsp3) is 0.0638. The number of hydrogen-bond donors (Lipinski definition) is 2. The molecular formula is C47H34N2O. The van der Waals surface area contributed by atoms with Gasteiger partial charge in [0, 0.05) is 17.0 Å². The molecule has 1 unspecified atom stereocenters. The van der Waals surface area contributed by atoms with Crippen LogP contribution >= 0.6 is 0 Å². The third-order valence-electron chi connectivity index (χ3n) is 10.4. The first-order chi connectivity index (χ1) is 24.6. The Hall–Kier alpha value is -6.32. The third-order valence-corrected chi connectivity index (χ3v) is 10.4. The highest BCUT2D eigenvalue weighted by atomic mass is 16.5. The number of para-hydroxylation sites is 1. The first kappa shape index (κ1) is 29.8. The van der Waals surface area contributed by atoms with E-state index in [1.165, 1.54) is 33.4 Å². The van der Waals surface area contributed by atoms with Crippen LogP contribution < -0.4 is 4.74 Å². The summed E-state index contributed by atoms with van der Waals surface area (Å²) >= 11 is 0. The number of nitrogens with one attached hydrogen (secondary N) is 2. The summed E-state index contributed by atoms with van der Waals surface area (Å²) in [4.78, 5) is 0. The minimum atomic E-state index is -0.516. The highest BCUT2D eigenvalue weighted by Gasteiger charge is 2.51. The van der Waals surface area contributed by atoms with E-state index < -0.39 is 5.41 Å². The fourth-order valence-electron chi connectivity index (χ4n) is 8.16. The average Bonchev–Trinajstić information content (AvgIpc) is 3.48. The third kappa shape index (κ3) is 4.66. The standard InChI is InChI=1S/C47H34N2O/c48-43(31-13-2-1-3-14-31)26-27-44(49)34-16-12-15-32(29-34)35-17-4-5-18-36(35)33-25-28-46-42(30-33)47(41-23-10-11-24-45(41)50-46)39-21-8-6-19-37(39)38-20-7-9-22-40(38)47/h1-14,16-30,32,48-49H,15H2/b27-26-,48-43?,49-44?. The monoisotopic (exact) mass is 642 g/mol. The van der Waals surface area contributed by atoms with Crippen LogP contribution in [-0.4, -0.2) is 11.4 Å². The molecule has 0 aromatic heterocycles. The number of rotatable bonds is 6. The predicted octanol–water partition coefficient (Wildman–Crippen LogP) is 11.4. The van der Waals surface area contributed by atoms with Crippen molar-refractivity contribution in [3.8, 4) is 33.8 Å². The van der Waals surface area contributed by atoms with Gasteiger partial charge in [0.2, 0.25) is 0 Å². The van der Waals surface area contributed by atoms with E-state index in [-0.39, 0.29) is 5.92 Å². The summed E-state index contributed by atoms with van der Waals surface area (Å²) in [5, 5.41) is 17.3. The van der Waals surface area contributed by atoms with Crippen molar-refractivity contribution in [1.29, 1.82) is 10.8 Å². The van der Waals surface area contributed by atoms with Gasteiger partial charge in [-0.2, -0.15) is 0 Å². The molecule has 3 heteroatoms. The Labute approximate surface area is 292 Å². The Bertz CT molecular complexity index is 2380. The van der Waals surface area contributed by atoms with Gasteiger partial charge in [-0.05, 0) is 86.9 Å². The lowest BCUT2D eigenvalue weighted by molar-refractivity contribution is 0.436.